The maximum atomic E-state index is 14.8. The van der Waals surface area contributed by atoms with E-state index in [0.29, 0.717) is 5.56 Å². The van der Waals surface area contributed by atoms with Gasteiger partial charge in [-0.25, -0.2) is 22.5 Å². The number of anilines is 1. The Morgan fingerprint density at radius 3 is 2.72 bits per heavy atom. The van der Waals surface area contributed by atoms with Crippen molar-refractivity contribution >= 4 is 28.5 Å². The van der Waals surface area contributed by atoms with Gasteiger partial charge in [0, 0.05) is 29.4 Å². The summed E-state index contributed by atoms with van der Waals surface area (Å²) in [4.78, 5) is 20.8. The van der Waals surface area contributed by atoms with Crippen LogP contribution < -0.4 is 11.1 Å². The number of fused-ring (bicyclic) bond motifs is 1. The second kappa shape index (κ2) is 7.48. The molecular formula is C21H17F4N5OS. The van der Waals surface area contributed by atoms with Crippen molar-refractivity contribution in [1.82, 2.24) is 4.98 Å². The Kier molecular flexibility index (Phi) is 5.16. The van der Waals surface area contributed by atoms with Gasteiger partial charge in [0.15, 0.2) is 16.8 Å². The SMILES string of the molecule is Cc1cc(C#N)cnc1C(=O)Nc1cc(F)c(F)c([C@@]2(C)N=C(N)S[C@@]3(C(F)F)C[C@@H]23)c1. The fourth-order valence-corrected chi connectivity index (χ4v) is 5.53. The van der Waals surface area contributed by atoms with Crippen LogP contribution in [-0.4, -0.2) is 27.2 Å². The molecule has 0 saturated heterocycles. The number of carbonyl (C=O) groups is 1. The summed E-state index contributed by atoms with van der Waals surface area (Å²) < 4.78 is 55.2. The molecular weight excluding hydrogens is 446 g/mol. The molecule has 1 aromatic carbocycles. The molecule has 1 aliphatic heterocycles. The minimum absolute atomic E-state index is 0.00302. The van der Waals surface area contributed by atoms with Gasteiger partial charge in [-0.15, -0.1) is 0 Å². The van der Waals surface area contributed by atoms with Crippen molar-refractivity contribution in [1.29, 1.82) is 5.26 Å². The normalized spacial score (nSPS) is 26.2. The number of aromatic nitrogens is 1. The van der Waals surface area contributed by atoms with Crippen molar-refractivity contribution in [2.75, 3.05) is 5.32 Å². The smallest absolute Gasteiger partial charge is 0.274 e. The number of pyridine rings is 1. The average molecular weight is 463 g/mol. The number of aliphatic imine (C=N–C) groups is 1. The van der Waals surface area contributed by atoms with Crippen molar-refractivity contribution in [2.45, 2.75) is 37.0 Å². The van der Waals surface area contributed by atoms with E-state index < -0.39 is 40.2 Å². The molecule has 0 spiro atoms. The number of nitrogens with zero attached hydrogens (tertiary/aromatic N) is 3. The van der Waals surface area contributed by atoms with E-state index in [1.54, 1.807) is 6.92 Å². The minimum atomic E-state index is -2.72. The molecule has 1 amide bonds. The van der Waals surface area contributed by atoms with Gasteiger partial charge in [-0.3, -0.25) is 9.79 Å². The topological polar surface area (TPSA) is 104 Å². The highest BCUT2D eigenvalue weighted by atomic mass is 32.2. The van der Waals surface area contributed by atoms with E-state index in [9.17, 15) is 22.4 Å². The third kappa shape index (κ3) is 3.39. The average Bonchev–Trinajstić information content (AvgIpc) is 3.47. The number of amidine groups is 1. The number of halogens is 4. The van der Waals surface area contributed by atoms with Crippen LogP contribution in [0.3, 0.4) is 0 Å². The maximum absolute atomic E-state index is 14.8. The van der Waals surface area contributed by atoms with Gasteiger partial charge in [0.05, 0.1) is 15.8 Å². The number of carbonyl (C=O) groups excluding carboxylic acids is 1. The van der Waals surface area contributed by atoms with E-state index in [0.717, 1.165) is 17.8 Å². The third-order valence-corrected chi connectivity index (χ3v) is 7.20. The molecule has 2 heterocycles. The number of alkyl halides is 2. The molecule has 166 valence electrons. The third-order valence-electron chi connectivity index (χ3n) is 5.89. The molecule has 32 heavy (non-hydrogen) atoms. The van der Waals surface area contributed by atoms with Crippen LogP contribution in [0.1, 0.15) is 40.5 Å². The fourth-order valence-electron chi connectivity index (χ4n) is 4.20. The molecule has 1 fully saturated rings. The Morgan fingerprint density at radius 1 is 1.38 bits per heavy atom. The number of nitriles is 1. The van der Waals surface area contributed by atoms with E-state index in [4.69, 9.17) is 11.0 Å². The summed E-state index contributed by atoms with van der Waals surface area (Å²) in [7, 11) is 0. The highest BCUT2D eigenvalue weighted by Crippen LogP contribution is 2.68. The van der Waals surface area contributed by atoms with Crippen LogP contribution >= 0.6 is 11.8 Å². The number of thioether (sulfide) groups is 1. The van der Waals surface area contributed by atoms with Crippen LogP contribution in [0, 0.1) is 35.8 Å². The van der Waals surface area contributed by atoms with Crippen LogP contribution in [-0.2, 0) is 5.54 Å². The Balaban J connectivity index is 1.71. The molecule has 0 radical (unpaired) electrons. The number of nitrogens with one attached hydrogen (secondary N) is 1. The molecule has 1 aliphatic carbocycles. The highest BCUT2D eigenvalue weighted by molar-refractivity contribution is 8.15. The lowest BCUT2D eigenvalue weighted by Crippen LogP contribution is -2.39. The summed E-state index contributed by atoms with van der Waals surface area (Å²) in [6.07, 6.45) is -1.46. The minimum Gasteiger partial charge on any atom is -0.378 e. The first-order valence-electron chi connectivity index (χ1n) is 9.52. The fraction of sp³-hybridized carbons (Fsp3) is 0.333. The van der Waals surface area contributed by atoms with Gasteiger partial charge in [-0.05, 0) is 38.0 Å². The number of aryl methyl sites for hydroxylation is 1. The summed E-state index contributed by atoms with van der Waals surface area (Å²) in [5, 5.41) is 11.2. The molecule has 2 aromatic rings. The van der Waals surface area contributed by atoms with E-state index in [1.165, 1.54) is 25.3 Å². The number of nitrogens with two attached hydrogens (primary N) is 1. The molecule has 6 nitrogen and oxygen atoms in total. The number of rotatable bonds is 4. The van der Waals surface area contributed by atoms with Crippen molar-refractivity contribution in [3.05, 3.63) is 58.4 Å². The van der Waals surface area contributed by atoms with E-state index >= 15 is 0 Å². The zero-order chi connectivity index (χ0) is 23.4. The molecule has 3 N–H and O–H groups in total. The van der Waals surface area contributed by atoms with Crippen molar-refractivity contribution in [3.63, 3.8) is 0 Å². The van der Waals surface area contributed by atoms with Crippen LogP contribution in [0.25, 0.3) is 0 Å². The first kappa shape index (κ1) is 22.1. The molecule has 1 aromatic heterocycles. The first-order chi connectivity index (χ1) is 15.0. The Hall–Kier alpha value is -3.13. The second-order valence-electron chi connectivity index (χ2n) is 7.99. The van der Waals surface area contributed by atoms with E-state index in [1.807, 2.05) is 6.07 Å². The summed E-state index contributed by atoms with van der Waals surface area (Å²) >= 11 is 0.755. The van der Waals surface area contributed by atoms with E-state index in [-0.39, 0.29) is 34.1 Å². The van der Waals surface area contributed by atoms with E-state index in [2.05, 4.69) is 15.3 Å². The number of hydrogen-bond donors (Lipinski definition) is 2. The van der Waals surface area contributed by atoms with Crippen LogP contribution in [0.5, 0.6) is 0 Å². The van der Waals surface area contributed by atoms with Gasteiger partial charge < -0.3 is 11.1 Å². The molecule has 11 heteroatoms. The lowest BCUT2D eigenvalue weighted by molar-refractivity contribution is 0.102. The zero-order valence-corrected chi connectivity index (χ0v) is 17.7. The zero-order valence-electron chi connectivity index (χ0n) is 16.9. The standard InChI is InChI=1S/C21H17F4N5OS/c1-9-3-10(7-26)8-28-16(9)17(31)29-11-4-12(15(23)13(22)5-11)20(2)14-6-21(14,18(24)25)32-19(27)30-20/h3-5,8,14,18H,6H2,1-2H3,(H2,27,30)(H,29,31)/t14-,20+,21-/m0/s1. The van der Waals surface area contributed by atoms with Gasteiger partial charge in [0.25, 0.3) is 12.3 Å². The van der Waals surface area contributed by atoms with Gasteiger partial charge in [-0.2, -0.15) is 5.26 Å². The molecule has 0 bridgehead atoms. The molecule has 3 atom stereocenters. The van der Waals surface area contributed by atoms with Crippen LogP contribution in [0.15, 0.2) is 29.4 Å². The van der Waals surface area contributed by atoms with Crippen molar-refractivity contribution in [2.24, 2.45) is 16.6 Å². The van der Waals surface area contributed by atoms with Gasteiger partial charge in [0.1, 0.15) is 11.8 Å². The van der Waals surface area contributed by atoms with Crippen molar-refractivity contribution < 1.29 is 22.4 Å². The monoisotopic (exact) mass is 463 g/mol. The Bertz CT molecular complexity index is 1210. The summed E-state index contributed by atoms with van der Waals surface area (Å²) in [6.45, 7) is 3.01. The quantitative estimate of drug-likeness (QED) is 0.665. The Labute approximate surface area is 184 Å². The maximum Gasteiger partial charge on any atom is 0.274 e. The predicted molar refractivity (Wildman–Crippen MR) is 111 cm³/mol. The van der Waals surface area contributed by atoms with Gasteiger partial charge in [-0.1, -0.05) is 11.8 Å². The van der Waals surface area contributed by atoms with Crippen LogP contribution in [0.2, 0.25) is 0 Å². The van der Waals surface area contributed by atoms with Gasteiger partial charge >= 0.3 is 0 Å². The van der Waals surface area contributed by atoms with Crippen LogP contribution in [0.4, 0.5) is 23.2 Å². The Morgan fingerprint density at radius 2 is 2.09 bits per heavy atom. The molecule has 2 aliphatic rings. The molecule has 1 saturated carbocycles. The second-order valence-corrected chi connectivity index (χ2v) is 9.37. The largest absolute Gasteiger partial charge is 0.378 e. The first-order valence-corrected chi connectivity index (χ1v) is 10.3. The number of benzene rings is 1. The predicted octanol–water partition coefficient (Wildman–Crippen LogP) is 4.09. The van der Waals surface area contributed by atoms with Crippen molar-refractivity contribution in [3.8, 4) is 6.07 Å². The molecule has 0 unspecified atom stereocenters. The molecule has 4 rings (SSSR count). The van der Waals surface area contributed by atoms with Gasteiger partial charge in [0.2, 0.25) is 0 Å². The lowest BCUT2D eigenvalue weighted by atomic mass is 9.85. The summed E-state index contributed by atoms with van der Waals surface area (Å²) in [5.74, 6) is -3.96. The summed E-state index contributed by atoms with van der Waals surface area (Å²) in [5.41, 5.74) is 4.56. The lowest BCUT2D eigenvalue weighted by Gasteiger charge is -2.34. The number of hydrogen-bond acceptors (Lipinski definition) is 6. The summed E-state index contributed by atoms with van der Waals surface area (Å²) in [6, 6.07) is 5.34. The highest BCUT2D eigenvalue weighted by Gasteiger charge is 2.71. The number of amides is 1.